The van der Waals surface area contributed by atoms with E-state index in [1.807, 2.05) is 0 Å². The van der Waals surface area contributed by atoms with Gasteiger partial charge >= 0.3 is 0 Å². The average molecular weight is 288 g/mol. The second-order valence-corrected chi connectivity index (χ2v) is 4.75. The number of hydrogen-bond acceptors (Lipinski definition) is 4. The molecule has 3 rings (SSSR count). The number of aliphatic hydroxyl groups excluding tert-OH is 1. The van der Waals surface area contributed by atoms with Gasteiger partial charge in [-0.25, -0.2) is 4.39 Å². The molecule has 0 fully saturated rings. The minimum absolute atomic E-state index is 0.0262. The molecule has 0 amide bonds. The van der Waals surface area contributed by atoms with Crippen molar-refractivity contribution < 1.29 is 23.8 Å². The molecular formula is C16H13FO4. The van der Waals surface area contributed by atoms with Gasteiger partial charge in [-0.15, -0.1) is 0 Å². The van der Waals surface area contributed by atoms with Crippen molar-refractivity contribution in [2.24, 2.45) is 0 Å². The number of aliphatic hydroxyl groups is 1. The van der Waals surface area contributed by atoms with Gasteiger partial charge in [0.05, 0.1) is 5.56 Å². The number of halogens is 1. The van der Waals surface area contributed by atoms with Crippen LogP contribution in [0.15, 0.2) is 42.5 Å². The summed E-state index contributed by atoms with van der Waals surface area (Å²) in [5, 5.41) is 9.98. The highest BCUT2D eigenvalue weighted by molar-refractivity contribution is 6.02. The Morgan fingerprint density at radius 1 is 1.24 bits per heavy atom. The Hall–Kier alpha value is -2.40. The summed E-state index contributed by atoms with van der Waals surface area (Å²) in [6, 6.07) is 10.5. The molecule has 0 spiro atoms. The molecule has 1 aliphatic rings. The van der Waals surface area contributed by atoms with E-state index in [9.17, 15) is 14.3 Å². The van der Waals surface area contributed by atoms with E-state index in [1.165, 1.54) is 24.3 Å². The minimum atomic E-state index is -0.860. The zero-order chi connectivity index (χ0) is 14.8. The molecule has 0 radical (unpaired) electrons. The third-order valence-corrected chi connectivity index (χ3v) is 3.27. The highest BCUT2D eigenvalue weighted by Gasteiger charge is 2.21. The van der Waals surface area contributed by atoms with Crippen molar-refractivity contribution in [1.82, 2.24) is 0 Å². The Bertz CT molecular complexity index is 666. The molecule has 1 N–H and O–H groups in total. The molecule has 2 aromatic carbocycles. The van der Waals surface area contributed by atoms with Crippen molar-refractivity contribution in [3.05, 3.63) is 59.4 Å². The summed E-state index contributed by atoms with van der Waals surface area (Å²) in [7, 11) is 0. The van der Waals surface area contributed by atoms with Crippen LogP contribution in [0, 0.1) is 5.82 Å². The lowest BCUT2D eigenvalue weighted by atomic mass is 10.1. The van der Waals surface area contributed by atoms with Gasteiger partial charge in [0.1, 0.15) is 30.0 Å². The number of rotatable bonds is 4. The Labute approximate surface area is 120 Å². The largest absolute Gasteiger partial charge is 0.490 e. The summed E-state index contributed by atoms with van der Waals surface area (Å²) < 4.78 is 23.5. The number of hydrogen-bond donors (Lipinski definition) is 1. The van der Waals surface area contributed by atoms with Gasteiger partial charge in [-0.2, -0.15) is 0 Å². The van der Waals surface area contributed by atoms with Gasteiger partial charge in [0.25, 0.3) is 0 Å². The van der Waals surface area contributed by atoms with Crippen LogP contribution >= 0.6 is 0 Å². The normalized spacial score (nSPS) is 14.5. The van der Waals surface area contributed by atoms with E-state index in [4.69, 9.17) is 9.47 Å². The van der Waals surface area contributed by atoms with Gasteiger partial charge in [0, 0.05) is 6.07 Å². The number of Topliss-reactive ketones (excluding diaryl/α,β-unsaturated/α-hetero) is 1. The molecule has 4 nitrogen and oxygen atoms in total. The first-order valence-electron chi connectivity index (χ1n) is 6.50. The quantitative estimate of drug-likeness (QED) is 0.939. The van der Waals surface area contributed by atoms with Crippen molar-refractivity contribution >= 4 is 5.78 Å². The number of carbonyl (C=O) groups is 1. The highest BCUT2D eigenvalue weighted by atomic mass is 19.1. The van der Waals surface area contributed by atoms with Gasteiger partial charge in [-0.05, 0) is 29.8 Å². The van der Waals surface area contributed by atoms with E-state index >= 15 is 0 Å². The summed E-state index contributed by atoms with van der Waals surface area (Å²) in [6.07, 6.45) is -0.860. The Morgan fingerprint density at radius 3 is 2.76 bits per heavy atom. The second-order valence-electron chi connectivity index (χ2n) is 4.75. The third-order valence-electron chi connectivity index (χ3n) is 3.27. The van der Waals surface area contributed by atoms with Crippen LogP contribution < -0.4 is 9.47 Å². The number of fused-ring (bicyclic) bond motifs is 1. The summed E-state index contributed by atoms with van der Waals surface area (Å²) in [6.45, 7) is 0.0787. The smallest absolute Gasteiger partial charge is 0.203 e. The molecule has 0 aliphatic carbocycles. The summed E-state index contributed by atoms with van der Waals surface area (Å²) in [5.74, 6) is 0.591. The zero-order valence-electron chi connectivity index (χ0n) is 11.1. The average Bonchev–Trinajstić information content (AvgIpc) is 2.86. The molecule has 0 bridgehead atoms. The molecule has 108 valence electrons. The fourth-order valence-electron chi connectivity index (χ4n) is 2.12. The molecule has 0 aromatic heterocycles. The summed E-state index contributed by atoms with van der Waals surface area (Å²) >= 11 is 0. The van der Waals surface area contributed by atoms with Crippen LogP contribution in [0.1, 0.15) is 22.0 Å². The van der Waals surface area contributed by atoms with Crippen LogP contribution in [0.2, 0.25) is 0 Å². The summed E-state index contributed by atoms with van der Waals surface area (Å²) in [5.41, 5.74) is 1.12. The van der Waals surface area contributed by atoms with E-state index in [0.29, 0.717) is 22.6 Å². The third kappa shape index (κ3) is 2.87. The van der Waals surface area contributed by atoms with Crippen LogP contribution in [0.5, 0.6) is 11.5 Å². The molecule has 1 unspecified atom stereocenters. The van der Waals surface area contributed by atoms with E-state index in [0.717, 1.165) is 0 Å². The highest BCUT2D eigenvalue weighted by Crippen LogP contribution is 2.30. The fraction of sp³-hybridized carbons (Fsp3) is 0.188. The minimum Gasteiger partial charge on any atom is -0.490 e. The number of carbonyl (C=O) groups excluding carboxylic acids is 1. The van der Waals surface area contributed by atoms with Crippen molar-refractivity contribution in [3.8, 4) is 11.5 Å². The van der Waals surface area contributed by atoms with Gasteiger partial charge in [-0.3, -0.25) is 4.79 Å². The lowest BCUT2D eigenvalue weighted by molar-refractivity contribution is 0.0961. The molecule has 21 heavy (non-hydrogen) atoms. The molecule has 0 saturated carbocycles. The standard InChI is InChI=1S/C16H13FO4/c17-11-3-1-10(2-4-11)14(18)8-20-12-5-6-13-15(19)9-21-16(13)7-12/h1-7,14,18H,8-9H2. The predicted molar refractivity (Wildman–Crippen MR) is 73.1 cm³/mol. The van der Waals surface area contributed by atoms with Gasteiger partial charge < -0.3 is 14.6 Å². The zero-order valence-corrected chi connectivity index (χ0v) is 11.1. The van der Waals surface area contributed by atoms with Crippen molar-refractivity contribution in [2.75, 3.05) is 13.2 Å². The van der Waals surface area contributed by atoms with E-state index < -0.39 is 6.10 Å². The van der Waals surface area contributed by atoms with Crippen molar-refractivity contribution in [2.45, 2.75) is 6.10 Å². The van der Waals surface area contributed by atoms with Crippen molar-refractivity contribution in [1.29, 1.82) is 0 Å². The van der Waals surface area contributed by atoms with Crippen LogP contribution in [-0.4, -0.2) is 24.1 Å². The fourth-order valence-corrected chi connectivity index (χ4v) is 2.12. The maximum absolute atomic E-state index is 12.8. The van der Waals surface area contributed by atoms with E-state index in [-0.39, 0.29) is 24.8 Å². The van der Waals surface area contributed by atoms with Crippen LogP contribution in [-0.2, 0) is 0 Å². The van der Waals surface area contributed by atoms with Crippen molar-refractivity contribution in [3.63, 3.8) is 0 Å². The maximum Gasteiger partial charge on any atom is 0.203 e. The van der Waals surface area contributed by atoms with Gasteiger partial charge in [0.2, 0.25) is 5.78 Å². The van der Waals surface area contributed by atoms with Gasteiger partial charge in [-0.1, -0.05) is 12.1 Å². The lowest BCUT2D eigenvalue weighted by Crippen LogP contribution is -2.09. The monoisotopic (exact) mass is 288 g/mol. The Kier molecular flexibility index (Phi) is 3.58. The van der Waals surface area contributed by atoms with Gasteiger partial charge in [0.15, 0.2) is 6.61 Å². The molecule has 1 atom stereocenters. The Morgan fingerprint density at radius 2 is 2.00 bits per heavy atom. The van der Waals surface area contributed by atoms with Crippen LogP contribution in [0.3, 0.4) is 0 Å². The van der Waals surface area contributed by atoms with Crippen LogP contribution in [0.4, 0.5) is 4.39 Å². The second kappa shape index (κ2) is 5.54. The molecule has 5 heteroatoms. The van der Waals surface area contributed by atoms with Crippen LogP contribution in [0.25, 0.3) is 0 Å². The predicted octanol–water partition coefficient (Wildman–Crippen LogP) is 2.51. The number of ketones is 1. The molecule has 0 saturated heterocycles. The first kappa shape index (κ1) is 13.6. The van der Waals surface area contributed by atoms with E-state index in [2.05, 4.69) is 0 Å². The lowest BCUT2D eigenvalue weighted by Gasteiger charge is -2.13. The molecule has 2 aromatic rings. The summed E-state index contributed by atoms with van der Waals surface area (Å²) in [4.78, 5) is 11.4. The number of ether oxygens (including phenoxy) is 2. The topological polar surface area (TPSA) is 55.8 Å². The first-order valence-corrected chi connectivity index (χ1v) is 6.50. The molecule has 1 heterocycles. The maximum atomic E-state index is 12.8. The molecular weight excluding hydrogens is 275 g/mol. The first-order chi connectivity index (χ1) is 10.1. The van der Waals surface area contributed by atoms with E-state index in [1.54, 1.807) is 18.2 Å². The Balaban J connectivity index is 1.65. The number of benzene rings is 2. The SMILES string of the molecule is O=C1COc2cc(OCC(O)c3ccc(F)cc3)ccc21. The molecule has 1 aliphatic heterocycles.